The van der Waals surface area contributed by atoms with Gasteiger partial charge in [-0.1, -0.05) is 0 Å². The van der Waals surface area contributed by atoms with Crippen LogP contribution in [0.2, 0.25) is 0 Å². The van der Waals surface area contributed by atoms with Crippen LogP contribution >= 0.6 is 0 Å². The second-order valence-corrected chi connectivity index (χ2v) is 5.28. The summed E-state index contributed by atoms with van der Waals surface area (Å²) >= 11 is 0. The summed E-state index contributed by atoms with van der Waals surface area (Å²) in [6, 6.07) is 6.78. The van der Waals surface area contributed by atoms with Crippen LogP contribution < -0.4 is 0 Å². The summed E-state index contributed by atoms with van der Waals surface area (Å²) in [5.74, 6) is -0.662. The first-order chi connectivity index (χ1) is 10.6. The van der Waals surface area contributed by atoms with E-state index in [0.717, 1.165) is 12.1 Å². The molecule has 0 bridgehead atoms. The number of nitrogens with zero attached hydrogens (tertiary/aromatic N) is 2. The largest absolute Gasteiger partial charge is 0.459 e. The summed E-state index contributed by atoms with van der Waals surface area (Å²) in [6.45, 7) is 2.64. The minimum Gasteiger partial charge on any atom is -0.459 e. The van der Waals surface area contributed by atoms with E-state index in [0.29, 0.717) is 44.0 Å². The fraction of sp³-hybridized carbons (Fsp3) is 0.312. The molecule has 0 N–H and O–H groups in total. The number of benzene rings is 1. The Kier molecular flexibility index (Phi) is 4.20. The zero-order valence-corrected chi connectivity index (χ0v) is 12.0. The van der Waals surface area contributed by atoms with Crippen molar-refractivity contribution in [1.29, 1.82) is 0 Å². The lowest BCUT2D eigenvalue weighted by atomic mass is 10.1. The molecule has 1 amide bonds. The molecule has 4 nitrogen and oxygen atoms in total. The van der Waals surface area contributed by atoms with Gasteiger partial charge in [0.05, 0.1) is 6.26 Å². The highest BCUT2D eigenvalue weighted by Crippen LogP contribution is 2.15. The molecule has 0 spiro atoms. The van der Waals surface area contributed by atoms with Crippen LogP contribution in [-0.4, -0.2) is 41.9 Å². The SMILES string of the molecule is O=C(c1ccco1)N1CCN(Cc2cc(F)ccc2F)CC1. The van der Waals surface area contributed by atoms with Gasteiger partial charge in [0.15, 0.2) is 5.76 Å². The van der Waals surface area contributed by atoms with Crippen molar-refractivity contribution in [2.45, 2.75) is 6.54 Å². The average Bonchev–Trinajstić information content (AvgIpc) is 3.05. The van der Waals surface area contributed by atoms with Crippen LogP contribution in [0.1, 0.15) is 16.1 Å². The van der Waals surface area contributed by atoms with E-state index >= 15 is 0 Å². The first kappa shape index (κ1) is 14.7. The highest BCUT2D eigenvalue weighted by molar-refractivity contribution is 5.91. The van der Waals surface area contributed by atoms with Crippen molar-refractivity contribution >= 4 is 5.91 Å². The summed E-state index contributed by atoms with van der Waals surface area (Å²) in [7, 11) is 0. The molecular formula is C16H16F2N2O2. The van der Waals surface area contributed by atoms with Crippen LogP contribution in [0.4, 0.5) is 8.78 Å². The Morgan fingerprint density at radius 1 is 1.14 bits per heavy atom. The lowest BCUT2D eigenvalue weighted by Gasteiger charge is -2.34. The van der Waals surface area contributed by atoms with Crippen LogP contribution in [-0.2, 0) is 6.54 Å². The molecule has 1 aromatic heterocycles. The smallest absolute Gasteiger partial charge is 0.289 e. The van der Waals surface area contributed by atoms with Gasteiger partial charge in [-0.2, -0.15) is 0 Å². The normalized spacial score (nSPS) is 16.0. The maximum Gasteiger partial charge on any atom is 0.289 e. The highest BCUT2D eigenvalue weighted by atomic mass is 19.1. The standard InChI is InChI=1S/C16H16F2N2O2/c17-13-3-4-14(18)12(10-13)11-19-5-7-20(8-6-19)16(21)15-2-1-9-22-15/h1-4,9-10H,5-8,11H2. The van der Waals surface area contributed by atoms with E-state index in [9.17, 15) is 13.6 Å². The van der Waals surface area contributed by atoms with Crippen molar-refractivity contribution in [1.82, 2.24) is 9.80 Å². The minimum atomic E-state index is -0.442. The number of hydrogen-bond donors (Lipinski definition) is 0. The van der Waals surface area contributed by atoms with Gasteiger partial charge in [0.25, 0.3) is 5.91 Å². The van der Waals surface area contributed by atoms with Gasteiger partial charge in [-0.25, -0.2) is 8.78 Å². The van der Waals surface area contributed by atoms with Crippen LogP contribution in [0, 0.1) is 11.6 Å². The van der Waals surface area contributed by atoms with Gasteiger partial charge < -0.3 is 9.32 Å². The molecule has 116 valence electrons. The van der Waals surface area contributed by atoms with E-state index in [1.54, 1.807) is 17.0 Å². The van der Waals surface area contributed by atoms with Crippen molar-refractivity contribution in [3.63, 3.8) is 0 Å². The Morgan fingerprint density at radius 3 is 2.59 bits per heavy atom. The summed E-state index contributed by atoms with van der Waals surface area (Å²) in [6.07, 6.45) is 1.47. The van der Waals surface area contributed by atoms with Gasteiger partial charge in [0.2, 0.25) is 0 Å². The van der Waals surface area contributed by atoms with E-state index in [1.165, 1.54) is 12.3 Å². The van der Waals surface area contributed by atoms with E-state index in [1.807, 2.05) is 4.90 Å². The molecule has 0 radical (unpaired) electrons. The molecule has 1 aliphatic heterocycles. The van der Waals surface area contributed by atoms with Crippen molar-refractivity contribution in [3.05, 3.63) is 59.6 Å². The molecule has 1 aromatic carbocycles. The Hall–Kier alpha value is -2.21. The molecule has 2 aromatic rings. The number of rotatable bonds is 3. The number of piperazine rings is 1. The van der Waals surface area contributed by atoms with E-state index in [-0.39, 0.29) is 5.91 Å². The zero-order chi connectivity index (χ0) is 15.5. The van der Waals surface area contributed by atoms with Crippen molar-refractivity contribution < 1.29 is 18.0 Å². The molecule has 0 aliphatic carbocycles. The monoisotopic (exact) mass is 306 g/mol. The molecular weight excluding hydrogens is 290 g/mol. The lowest BCUT2D eigenvalue weighted by molar-refractivity contribution is 0.0596. The van der Waals surface area contributed by atoms with Crippen molar-refractivity contribution in [2.75, 3.05) is 26.2 Å². The average molecular weight is 306 g/mol. The van der Waals surface area contributed by atoms with Crippen LogP contribution in [0.5, 0.6) is 0 Å². The molecule has 0 unspecified atom stereocenters. The number of halogens is 2. The Bertz CT molecular complexity index is 650. The van der Waals surface area contributed by atoms with Gasteiger partial charge in [-0.05, 0) is 30.3 Å². The van der Waals surface area contributed by atoms with Gasteiger partial charge in [-0.3, -0.25) is 9.69 Å². The topological polar surface area (TPSA) is 36.7 Å². The molecule has 0 atom stereocenters. The van der Waals surface area contributed by atoms with E-state index < -0.39 is 11.6 Å². The minimum absolute atomic E-state index is 0.137. The number of hydrogen-bond acceptors (Lipinski definition) is 3. The lowest BCUT2D eigenvalue weighted by Crippen LogP contribution is -2.48. The van der Waals surface area contributed by atoms with Gasteiger partial charge >= 0.3 is 0 Å². The maximum atomic E-state index is 13.6. The molecule has 0 saturated carbocycles. The van der Waals surface area contributed by atoms with Gasteiger partial charge in [0, 0.05) is 38.3 Å². The predicted octanol–water partition coefficient (Wildman–Crippen LogP) is 2.52. The number of furan rings is 1. The van der Waals surface area contributed by atoms with Crippen molar-refractivity contribution in [2.24, 2.45) is 0 Å². The molecule has 1 saturated heterocycles. The number of carbonyl (C=O) groups is 1. The zero-order valence-electron chi connectivity index (χ0n) is 12.0. The Labute approximate surface area is 126 Å². The first-order valence-electron chi connectivity index (χ1n) is 7.12. The van der Waals surface area contributed by atoms with Gasteiger partial charge in [0.1, 0.15) is 11.6 Å². The first-order valence-corrected chi connectivity index (χ1v) is 7.12. The number of carbonyl (C=O) groups excluding carboxylic acids is 1. The highest BCUT2D eigenvalue weighted by Gasteiger charge is 2.24. The molecule has 22 heavy (non-hydrogen) atoms. The Morgan fingerprint density at radius 2 is 1.91 bits per heavy atom. The summed E-state index contributed by atoms with van der Waals surface area (Å²) in [5.41, 5.74) is 0.339. The fourth-order valence-electron chi connectivity index (χ4n) is 2.57. The second-order valence-electron chi connectivity index (χ2n) is 5.28. The van der Waals surface area contributed by atoms with Crippen LogP contribution in [0.25, 0.3) is 0 Å². The predicted molar refractivity (Wildman–Crippen MR) is 76.2 cm³/mol. The summed E-state index contributed by atoms with van der Waals surface area (Å²) in [4.78, 5) is 15.8. The molecule has 2 heterocycles. The third kappa shape index (κ3) is 3.17. The van der Waals surface area contributed by atoms with Crippen LogP contribution in [0.15, 0.2) is 41.0 Å². The Balaban J connectivity index is 1.58. The molecule has 6 heteroatoms. The third-order valence-electron chi connectivity index (χ3n) is 3.79. The fourth-order valence-corrected chi connectivity index (χ4v) is 2.57. The quantitative estimate of drug-likeness (QED) is 0.874. The second kappa shape index (κ2) is 6.27. The molecule has 1 aliphatic rings. The van der Waals surface area contributed by atoms with Crippen LogP contribution in [0.3, 0.4) is 0 Å². The van der Waals surface area contributed by atoms with E-state index in [2.05, 4.69) is 0 Å². The van der Waals surface area contributed by atoms with Gasteiger partial charge in [-0.15, -0.1) is 0 Å². The maximum absolute atomic E-state index is 13.6. The van der Waals surface area contributed by atoms with E-state index in [4.69, 9.17) is 4.42 Å². The number of amides is 1. The summed E-state index contributed by atoms with van der Waals surface area (Å²) < 4.78 is 31.9. The molecule has 1 fully saturated rings. The summed E-state index contributed by atoms with van der Waals surface area (Å²) in [5, 5.41) is 0. The third-order valence-corrected chi connectivity index (χ3v) is 3.79. The van der Waals surface area contributed by atoms with Crippen molar-refractivity contribution in [3.8, 4) is 0 Å². The molecule has 3 rings (SSSR count).